The summed E-state index contributed by atoms with van der Waals surface area (Å²) in [5.41, 5.74) is 9.36. The van der Waals surface area contributed by atoms with Crippen molar-refractivity contribution in [3.05, 3.63) is 59.2 Å². The van der Waals surface area contributed by atoms with Gasteiger partial charge in [0.15, 0.2) is 0 Å². The summed E-state index contributed by atoms with van der Waals surface area (Å²) >= 11 is 0. The first-order valence-electron chi connectivity index (χ1n) is 6.62. The summed E-state index contributed by atoms with van der Waals surface area (Å²) in [7, 11) is 3.44. The number of carbonyl (C=O) groups is 2. The molecule has 0 aliphatic carbocycles. The predicted molar refractivity (Wildman–Crippen MR) is 83.2 cm³/mol. The van der Waals surface area contributed by atoms with Gasteiger partial charge >= 0.3 is 0 Å². The number of carbonyl (C=O) groups excluding carboxylic acids is 2. The first-order chi connectivity index (χ1) is 9.90. The number of hydrogen-bond acceptors (Lipinski definition) is 2. The molecule has 0 bridgehead atoms. The van der Waals surface area contributed by atoms with Crippen LogP contribution < -0.4 is 5.73 Å². The van der Waals surface area contributed by atoms with Gasteiger partial charge in [-0.15, -0.1) is 0 Å². The topological polar surface area (TPSA) is 63.4 Å². The molecule has 21 heavy (non-hydrogen) atoms. The van der Waals surface area contributed by atoms with Gasteiger partial charge in [0.25, 0.3) is 5.91 Å². The van der Waals surface area contributed by atoms with E-state index in [9.17, 15) is 9.59 Å². The van der Waals surface area contributed by atoms with Crippen molar-refractivity contribution in [1.82, 2.24) is 4.90 Å². The number of nitrogens with zero attached hydrogens (tertiary/aromatic N) is 1. The molecule has 0 aliphatic heterocycles. The summed E-state index contributed by atoms with van der Waals surface area (Å²) in [5, 5.41) is 0. The van der Waals surface area contributed by atoms with Crippen molar-refractivity contribution >= 4 is 11.8 Å². The molecule has 2 amide bonds. The highest BCUT2D eigenvalue weighted by Gasteiger charge is 2.10. The minimum Gasteiger partial charge on any atom is -0.366 e. The maximum Gasteiger partial charge on any atom is 0.253 e. The molecule has 0 fully saturated rings. The van der Waals surface area contributed by atoms with Gasteiger partial charge in [0.05, 0.1) is 0 Å². The highest BCUT2D eigenvalue weighted by atomic mass is 16.2. The molecule has 4 nitrogen and oxygen atoms in total. The smallest absolute Gasteiger partial charge is 0.253 e. The molecule has 0 saturated carbocycles. The maximum atomic E-state index is 11.9. The van der Waals surface area contributed by atoms with Crippen LogP contribution in [0.3, 0.4) is 0 Å². The van der Waals surface area contributed by atoms with E-state index in [2.05, 4.69) is 0 Å². The third-order valence-electron chi connectivity index (χ3n) is 3.37. The Bertz CT molecular complexity index is 688. The Hall–Kier alpha value is -2.62. The Morgan fingerprint density at radius 3 is 2.05 bits per heavy atom. The average molecular weight is 282 g/mol. The minimum atomic E-state index is -0.448. The van der Waals surface area contributed by atoms with E-state index in [1.807, 2.05) is 25.1 Å². The van der Waals surface area contributed by atoms with Gasteiger partial charge in [-0.25, -0.2) is 0 Å². The Labute approximate surface area is 124 Å². The molecule has 0 saturated heterocycles. The minimum absolute atomic E-state index is 0.0378. The fourth-order valence-electron chi connectivity index (χ4n) is 2.14. The highest BCUT2D eigenvalue weighted by molar-refractivity contribution is 5.95. The zero-order chi connectivity index (χ0) is 15.6. The third kappa shape index (κ3) is 3.11. The zero-order valence-electron chi connectivity index (χ0n) is 12.4. The lowest BCUT2D eigenvalue weighted by Crippen LogP contribution is -2.21. The molecule has 2 rings (SSSR count). The number of nitrogens with two attached hydrogens (primary N) is 1. The summed E-state index contributed by atoms with van der Waals surface area (Å²) in [6, 6.07) is 12.7. The number of primary amides is 1. The molecule has 0 heterocycles. The Balaban J connectivity index is 2.41. The van der Waals surface area contributed by atoms with Crippen LogP contribution in [0.4, 0.5) is 0 Å². The van der Waals surface area contributed by atoms with Crippen LogP contribution in [0.2, 0.25) is 0 Å². The van der Waals surface area contributed by atoms with Crippen molar-refractivity contribution in [1.29, 1.82) is 0 Å². The molecule has 0 radical (unpaired) electrons. The van der Waals surface area contributed by atoms with E-state index < -0.39 is 5.91 Å². The molecule has 0 aromatic heterocycles. The van der Waals surface area contributed by atoms with Gasteiger partial charge in [0, 0.05) is 25.2 Å². The highest BCUT2D eigenvalue weighted by Crippen LogP contribution is 2.25. The van der Waals surface area contributed by atoms with Crippen LogP contribution in [-0.2, 0) is 0 Å². The Morgan fingerprint density at radius 1 is 0.952 bits per heavy atom. The van der Waals surface area contributed by atoms with E-state index in [-0.39, 0.29) is 5.91 Å². The zero-order valence-corrected chi connectivity index (χ0v) is 12.4. The molecule has 2 N–H and O–H groups in total. The van der Waals surface area contributed by atoms with E-state index in [1.54, 1.807) is 38.4 Å². The number of rotatable bonds is 3. The summed E-state index contributed by atoms with van der Waals surface area (Å²) in [5.74, 6) is -0.486. The van der Waals surface area contributed by atoms with Crippen LogP contribution in [0.5, 0.6) is 0 Å². The number of hydrogen-bond donors (Lipinski definition) is 1. The molecule has 4 heteroatoms. The van der Waals surface area contributed by atoms with Crippen molar-refractivity contribution in [2.24, 2.45) is 5.73 Å². The van der Waals surface area contributed by atoms with Crippen LogP contribution in [-0.4, -0.2) is 30.8 Å². The summed E-state index contributed by atoms with van der Waals surface area (Å²) < 4.78 is 0. The average Bonchev–Trinajstić information content (AvgIpc) is 2.47. The summed E-state index contributed by atoms with van der Waals surface area (Å²) in [6.45, 7) is 1.97. The van der Waals surface area contributed by atoms with Crippen molar-refractivity contribution in [2.45, 2.75) is 6.92 Å². The van der Waals surface area contributed by atoms with Crippen molar-refractivity contribution in [2.75, 3.05) is 14.1 Å². The second-order valence-electron chi connectivity index (χ2n) is 5.17. The van der Waals surface area contributed by atoms with Gasteiger partial charge in [-0.05, 0) is 47.9 Å². The van der Waals surface area contributed by atoms with Crippen LogP contribution in [0.25, 0.3) is 11.1 Å². The quantitative estimate of drug-likeness (QED) is 0.940. The molecular formula is C17H18N2O2. The van der Waals surface area contributed by atoms with Gasteiger partial charge in [0.1, 0.15) is 0 Å². The SMILES string of the molecule is Cc1ccc(C(N)=O)cc1-c1ccc(C(=O)N(C)C)cc1. The number of aryl methyl sites for hydroxylation is 1. The van der Waals surface area contributed by atoms with Gasteiger partial charge < -0.3 is 10.6 Å². The molecule has 0 aliphatic rings. The molecular weight excluding hydrogens is 264 g/mol. The first kappa shape index (κ1) is 14.8. The van der Waals surface area contributed by atoms with E-state index in [1.165, 1.54) is 4.90 Å². The van der Waals surface area contributed by atoms with E-state index in [4.69, 9.17) is 5.73 Å². The fraction of sp³-hybridized carbons (Fsp3) is 0.176. The van der Waals surface area contributed by atoms with Gasteiger partial charge in [-0.2, -0.15) is 0 Å². The number of benzene rings is 2. The standard InChI is InChI=1S/C17H18N2O2/c1-11-4-5-14(16(18)20)10-15(11)12-6-8-13(9-7-12)17(21)19(2)3/h4-10H,1-3H3,(H2,18,20). The van der Waals surface area contributed by atoms with Gasteiger partial charge in [-0.1, -0.05) is 18.2 Å². The fourth-order valence-corrected chi connectivity index (χ4v) is 2.14. The van der Waals surface area contributed by atoms with E-state index in [0.717, 1.165) is 16.7 Å². The van der Waals surface area contributed by atoms with Crippen molar-refractivity contribution in [3.63, 3.8) is 0 Å². The second kappa shape index (κ2) is 5.79. The van der Waals surface area contributed by atoms with Crippen molar-refractivity contribution in [3.8, 4) is 11.1 Å². The lowest BCUT2D eigenvalue weighted by Gasteiger charge is -2.12. The van der Waals surface area contributed by atoms with Crippen LogP contribution in [0.15, 0.2) is 42.5 Å². The van der Waals surface area contributed by atoms with Crippen molar-refractivity contribution < 1.29 is 9.59 Å². The monoisotopic (exact) mass is 282 g/mol. The number of amides is 2. The largest absolute Gasteiger partial charge is 0.366 e. The lowest BCUT2D eigenvalue weighted by atomic mass is 9.97. The predicted octanol–water partition coefficient (Wildman–Crippen LogP) is 2.46. The molecule has 0 atom stereocenters. The molecule has 2 aromatic rings. The third-order valence-corrected chi connectivity index (χ3v) is 3.37. The molecule has 0 spiro atoms. The second-order valence-corrected chi connectivity index (χ2v) is 5.17. The Morgan fingerprint density at radius 2 is 1.52 bits per heavy atom. The maximum absolute atomic E-state index is 11.9. The van der Waals surface area contributed by atoms with Gasteiger partial charge in [-0.3, -0.25) is 9.59 Å². The normalized spacial score (nSPS) is 10.2. The van der Waals surface area contributed by atoms with Crippen LogP contribution in [0.1, 0.15) is 26.3 Å². The summed E-state index contributed by atoms with van der Waals surface area (Å²) in [4.78, 5) is 24.7. The molecule has 108 valence electrons. The Kier molecular flexibility index (Phi) is 4.08. The lowest BCUT2D eigenvalue weighted by molar-refractivity contribution is 0.0827. The first-order valence-corrected chi connectivity index (χ1v) is 6.62. The van der Waals surface area contributed by atoms with E-state index >= 15 is 0 Å². The van der Waals surface area contributed by atoms with E-state index in [0.29, 0.717) is 11.1 Å². The molecule has 2 aromatic carbocycles. The van der Waals surface area contributed by atoms with Crippen LogP contribution in [0, 0.1) is 6.92 Å². The van der Waals surface area contributed by atoms with Gasteiger partial charge in [0.2, 0.25) is 5.91 Å². The summed E-state index contributed by atoms with van der Waals surface area (Å²) in [6.07, 6.45) is 0. The molecule has 0 unspecified atom stereocenters. The van der Waals surface area contributed by atoms with Crippen LogP contribution >= 0.6 is 0 Å².